The minimum absolute atomic E-state index is 0.0977. The largest absolute Gasteiger partial charge is 0.497 e. The van der Waals surface area contributed by atoms with E-state index in [1.807, 2.05) is 24.3 Å². The maximum absolute atomic E-state index is 12.7. The van der Waals surface area contributed by atoms with Crippen molar-refractivity contribution in [3.05, 3.63) is 64.7 Å². The van der Waals surface area contributed by atoms with Crippen LogP contribution in [0.2, 0.25) is 0 Å². The Morgan fingerprint density at radius 2 is 1.94 bits per heavy atom. The third-order valence-electron chi connectivity index (χ3n) is 5.68. The first-order chi connectivity index (χ1) is 15.5. The average molecular weight is 454 g/mol. The number of amides is 1. The fraction of sp³-hybridized carbons (Fsp3) is 0.318. The van der Waals surface area contributed by atoms with Crippen LogP contribution in [-0.2, 0) is 0 Å². The van der Waals surface area contributed by atoms with Gasteiger partial charge in [-0.25, -0.2) is 4.98 Å². The van der Waals surface area contributed by atoms with Gasteiger partial charge in [-0.1, -0.05) is 23.5 Å². The number of furan rings is 1. The average Bonchev–Trinajstić information content (AvgIpc) is 3.54. The Morgan fingerprint density at radius 3 is 2.56 bits per heavy atom. The predicted molar refractivity (Wildman–Crippen MR) is 118 cm³/mol. The topological polar surface area (TPSA) is 96.3 Å². The van der Waals surface area contributed by atoms with Crippen molar-refractivity contribution in [2.24, 2.45) is 0 Å². The summed E-state index contributed by atoms with van der Waals surface area (Å²) in [6.45, 7) is 4.22. The highest BCUT2D eigenvalue weighted by molar-refractivity contribution is 7.17. The van der Waals surface area contributed by atoms with Crippen LogP contribution in [-0.4, -0.2) is 68.7 Å². The first kappa shape index (κ1) is 20.5. The normalized spacial score (nSPS) is 15.9. The Hall–Kier alpha value is -3.37. The van der Waals surface area contributed by atoms with Crippen LogP contribution in [0.3, 0.4) is 0 Å². The quantitative estimate of drug-likeness (QED) is 0.496. The number of methoxy groups -OCH3 is 1. The molecule has 1 saturated heterocycles. The number of carbonyl (C=O) groups is 1. The summed E-state index contributed by atoms with van der Waals surface area (Å²) in [5.41, 5.74) is 1.02. The van der Waals surface area contributed by atoms with Gasteiger partial charge in [0.1, 0.15) is 11.6 Å². The summed E-state index contributed by atoms with van der Waals surface area (Å²) in [4.78, 5) is 22.6. The lowest BCUT2D eigenvalue weighted by atomic mass is 10.0. The summed E-state index contributed by atoms with van der Waals surface area (Å²) in [6.07, 6.45) is 1.51. The maximum atomic E-state index is 12.7. The number of nitrogens with zero attached hydrogens (tertiary/aromatic N) is 5. The molecule has 1 aliphatic rings. The van der Waals surface area contributed by atoms with Crippen LogP contribution < -0.4 is 4.74 Å². The number of benzene rings is 1. The van der Waals surface area contributed by atoms with Crippen molar-refractivity contribution in [1.29, 1.82) is 0 Å². The number of aryl methyl sites for hydroxylation is 1. The maximum Gasteiger partial charge on any atom is 0.289 e. The van der Waals surface area contributed by atoms with Crippen molar-refractivity contribution in [3.8, 4) is 11.6 Å². The van der Waals surface area contributed by atoms with Crippen LogP contribution in [0.15, 0.2) is 47.1 Å². The highest BCUT2D eigenvalue weighted by Gasteiger charge is 2.33. The molecule has 9 nitrogen and oxygen atoms in total. The second-order valence-corrected chi connectivity index (χ2v) is 8.63. The molecule has 166 valence electrons. The summed E-state index contributed by atoms with van der Waals surface area (Å²) in [6, 6.07) is 11.0. The molecule has 4 heterocycles. The first-order valence-electron chi connectivity index (χ1n) is 10.3. The van der Waals surface area contributed by atoms with Gasteiger partial charge in [0.25, 0.3) is 5.91 Å². The van der Waals surface area contributed by atoms with Crippen LogP contribution >= 0.6 is 11.3 Å². The van der Waals surface area contributed by atoms with E-state index in [0.29, 0.717) is 42.7 Å². The third-order valence-corrected chi connectivity index (χ3v) is 6.76. The fourth-order valence-electron chi connectivity index (χ4n) is 4.08. The molecule has 4 aromatic rings. The van der Waals surface area contributed by atoms with Crippen LogP contribution in [0, 0.1) is 6.92 Å². The van der Waals surface area contributed by atoms with E-state index in [4.69, 9.17) is 9.15 Å². The van der Waals surface area contributed by atoms with Crippen LogP contribution in [0.4, 0.5) is 0 Å². The zero-order valence-corrected chi connectivity index (χ0v) is 18.6. The van der Waals surface area contributed by atoms with Crippen molar-refractivity contribution in [2.75, 3.05) is 33.3 Å². The number of ether oxygens (including phenoxy) is 1. The van der Waals surface area contributed by atoms with Gasteiger partial charge in [-0.3, -0.25) is 9.69 Å². The number of carbonyl (C=O) groups excluding carboxylic acids is 1. The first-order valence-corrected chi connectivity index (χ1v) is 11.1. The van der Waals surface area contributed by atoms with Gasteiger partial charge < -0.3 is 19.2 Å². The molecule has 0 unspecified atom stereocenters. The van der Waals surface area contributed by atoms with E-state index >= 15 is 0 Å². The minimum atomic E-state index is -0.199. The van der Waals surface area contributed by atoms with Gasteiger partial charge in [-0.15, -0.1) is 5.10 Å². The number of hydrogen-bond donors (Lipinski definition) is 1. The van der Waals surface area contributed by atoms with Gasteiger partial charge in [0.15, 0.2) is 5.76 Å². The molecule has 1 aromatic carbocycles. The monoisotopic (exact) mass is 453 g/mol. The molecule has 0 saturated carbocycles. The molecule has 10 heteroatoms. The molecule has 5 rings (SSSR count). The zero-order chi connectivity index (χ0) is 22.2. The van der Waals surface area contributed by atoms with Gasteiger partial charge >= 0.3 is 0 Å². The van der Waals surface area contributed by atoms with E-state index in [2.05, 4.69) is 15.0 Å². The van der Waals surface area contributed by atoms with E-state index in [9.17, 15) is 9.90 Å². The number of aromatic nitrogens is 3. The molecule has 0 bridgehead atoms. The molecule has 0 spiro atoms. The third kappa shape index (κ3) is 3.61. The molecular formula is C22H23N5O4S. The van der Waals surface area contributed by atoms with Gasteiger partial charge in [-0.05, 0) is 36.8 Å². The van der Waals surface area contributed by atoms with E-state index in [1.54, 1.807) is 31.1 Å². The number of piperazine rings is 1. The lowest BCUT2D eigenvalue weighted by molar-refractivity contribution is 0.0568. The highest BCUT2D eigenvalue weighted by atomic mass is 32.1. The molecule has 1 aliphatic heterocycles. The number of aromatic hydroxyl groups is 1. The summed E-state index contributed by atoms with van der Waals surface area (Å²) >= 11 is 1.43. The van der Waals surface area contributed by atoms with Crippen molar-refractivity contribution in [3.63, 3.8) is 0 Å². The zero-order valence-electron chi connectivity index (χ0n) is 17.8. The van der Waals surface area contributed by atoms with E-state index < -0.39 is 0 Å². The number of fused-ring (bicyclic) bond motifs is 1. The summed E-state index contributed by atoms with van der Waals surface area (Å²) < 4.78 is 12.1. The molecular weight excluding hydrogens is 430 g/mol. The predicted octanol–water partition coefficient (Wildman–Crippen LogP) is 2.95. The van der Waals surface area contributed by atoms with E-state index in [0.717, 1.165) is 16.2 Å². The lowest BCUT2D eigenvalue weighted by Crippen LogP contribution is -2.49. The second kappa shape index (κ2) is 8.29. The SMILES string of the molecule is COc1ccc([C@H](c2sc3nc(C)nn3c2O)N2CCN(C(=O)c3ccco3)CC2)cc1. The van der Waals surface area contributed by atoms with Crippen LogP contribution in [0.1, 0.15) is 32.9 Å². The Balaban J connectivity index is 1.45. The molecule has 32 heavy (non-hydrogen) atoms. The van der Waals surface area contributed by atoms with E-state index in [-0.39, 0.29) is 17.8 Å². The van der Waals surface area contributed by atoms with Crippen molar-refractivity contribution >= 4 is 22.2 Å². The van der Waals surface area contributed by atoms with Crippen molar-refractivity contribution in [1.82, 2.24) is 24.4 Å². The molecule has 1 N–H and O–H groups in total. The Bertz CT molecular complexity index is 1220. The van der Waals surface area contributed by atoms with Gasteiger partial charge in [-0.2, -0.15) is 4.52 Å². The molecule has 0 radical (unpaired) electrons. The number of hydrogen-bond acceptors (Lipinski definition) is 8. The van der Waals surface area contributed by atoms with E-state index in [1.165, 1.54) is 22.1 Å². The standard InChI is InChI=1S/C22H23N5O4S/c1-14-23-22-27(24-14)21(29)19(32-22)18(15-5-7-16(30-2)8-6-15)25-9-11-26(12-10-25)20(28)17-4-3-13-31-17/h3-8,13,18,29H,9-12H2,1-2H3/t18-/m1/s1. The van der Waals surface area contributed by atoms with Gasteiger partial charge in [0.05, 0.1) is 24.3 Å². The molecule has 1 amide bonds. The van der Waals surface area contributed by atoms with Gasteiger partial charge in [0.2, 0.25) is 10.8 Å². The summed E-state index contributed by atoms with van der Waals surface area (Å²) in [5, 5.41) is 15.3. The second-order valence-electron chi connectivity index (χ2n) is 7.62. The molecule has 0 aliphatic carbocycles. The Morgan fingerprint density at radius 1 is 1.19 bits per heavy atom. The lowest BCUT2D eigenvalue weighted by Gasteiger charge is -2.38. The molecule has 1 fully saturated rings. The molecule has 3 aromatic heterocycles. The summed E-state index contributed by atoms with van der Waals surface area (Å²) in [5.74, 6) is 1.73. The van der Waals surface area contributed by atoms with Crippen molar-refractivity contribution < 1.29 is 19.1 Å². The number of thiazole rings is 1. The van der Waals surface area contributed by atoms with Gasteiger partial charge in [0, 0.05) is 26.2 Å². The Kier molecular flexibility index (Phi) is 5.32. The fourth-order valence-corrected chi connectivity index (χ4v) is 5.24. The number of rotatable bonds is 5. The summed E-state index contributed by atoms with van der Waals surface area (Å²) in [7, 11) is 1.63. The van der Waals surface area contributed by atoms with Crippen LogP contribution in [0.5, 0.6) is 11.6 Å². The molecule has 1 atom stereocenters. The Labute approximate surface area is 188 Å². The minimum Gasteiger partial charge on any atom is -0.497 e. The smallest absolute Gasteiger partial charge is 0.289 e. The van der Waals surface area contributed by atoms with Crippen molar-refractivity contribution in [2.45, 2.75) is 13.0 Å². The highest BCUT2D eigenvalue weighted by Crippen LogP contribution is 2.40. The van der Waals surface area contributed by atoms with Crippen LogP contribution in [0.25, 0.3) is 4.96 Å².